The molecule has 3 aromatic carbocycles. The summed E-state index contributed by atoms with van der Waals surface area (Å²) in [7, 11) is 0.0879. The number of allylic oxidation sites excluding steroid dienone is 1. The van der Waals surface area contributed by atoms with Gasteiger partial charge in [0.05, 0.1) is 20.9 Å². The number of hydrogen-bond acceptors (Lipinski definition) is 6. The Hall–Kier alpha value is -3.82. The normalized spacial score (nSPS) is 16.8. The van der Waals surface area contributed by atoms with Crippen molar-refractivity contribution < 1.29 is 13.3 Å². The number of non-ortho nitro benzene ring substituents is 1. The van der Waals surface area contributed by atoms with Crippen molar-refractivity contribution in [1.82, 2.24) is 4.72 Å². The first kappa shape index (κ1) is 25.3. The first-order valence-electron chi connectivity index (χ1n) is 11.4. The van der Waals surface area contributed by atoms with Crippen LogP contribution in [0.1, 0.15) is 24.5 Å². The summed E-state index contributed by atoms with van der Waals surface area (Å²) < 4.78 is 28.5. The first-order valence-corrected chi connectivity index (χ1v) is 12.9. The fraction of sp³-hybridized carbons (Fsp3) is 0.222. The van der Waals surface area contributed by atoms with Crippen molar-refractivity contribution in [2.45, 2.75) is 23.7 Å². The second-order valence-electron chi connectivity index (χ2n) is 8.94. The van der Waals surface area contributed by atoms with E-state index in [9.17, 15) is 18.5 Å². The van der Waals surface area contributed by atoms with Crippen LogP contribution in [-0.2, 0) is 15.4 Å². The topological polar surface area (TPSA) is 105 Å². The summed E-state index contributed by atoms with van der Waals surface area (Å²) in [6.45, 7) is 6.54. The van der Waals surface area contributed by atoms with Gasteiger partial charge in [0.25, 0.3) is 5.69 Å². The molecule has 36 heavy (non-hydrogen) atoms. The van der Waals surface area contributed by atoms with Gasteiger partial charge in [-0.25, -0.2) is 13.1 Å². The number of fused-ring (bicyclic) bond motifs is 1. The number of sulfonamides is 1. The van der Waals surface area contributed by atoms with Crippen LogP contribution in [0.5, 0.6) is 0 Å². The fourth-order valence-electron chi connectivity index (χ4n) is 4.66. The maximum absolute atomic E-state index is 12.9. The fourth-order valence-corrected chi connectivity index (χ4v) is 5.69. The van der Waals surface area contributed by atoms with E-state index in [1.165, 1.54) is 24.3 Å². The summed E-state index contributed by atoms with van der Waals surface area (Å²) in [5.41, 5.74) is 4.68. The molecule has 0 radical (unpaired) electrons. The Balaban J connectivity index is 1.64. The number of para-hydroxylation sites is 1. The highest BCUT2D eigenvalue weighted by atomic mass is 32.2. The van der Waals surface area contributed by atoms with E-state index in [2.05, 4.69) is 11.3 Å². The monoisotopic (exact) mass is 504 g/mol. The van der Waals surface area contributed by atoms with Gasteiger partial charge in [0, 0.05) is 44.2 Å². The lowest BCUT2D eigenvalue weighted by atomic mass is 9.68. The smallest absolute Gasteiger partial charge is 0.269 e. The van der Waals surface area contributed by atoms with Gasteiger partial charge >= 0.3 is 0 Å². The van der Waals surface area contributed by atoms with Crippen molar-refractivity contribution in [1.29, 1.82) is 0 Å². The lowest BCUT2D eigenvalue weighted by Crippen LogP contribution is -2.37. The van der Waals surface area contributed by atoms with E-state index in [1.54, 1.807) is 0 Å². The van der Waals surface area contributed by atoms with Gasteiger partial charge in [-0.05, 0) is 60.4 Å². The summed E-state index contributed by atoms with van der Waals surface area (Å²) in [4.78, 5) is 17.1. The third kappa shape index (κ3) is 4.55. The molecule has 0 amide bonds. The van der Waals surface area contributed by atoms with Crippen LogP contribution in [0.3, 0.4) is 0 Å². The second-order valence-corrected chi connectivity index (χ2v) is 10.7. The van der Waals surface area contributed by atoms with Gasteiger partial charge in [-0.2, -0.15) is 0 Å². The van der Waals surface area contributed by atoms with Gasteiger partial charge in [-0.15, -0.1) is 0 Å². The SMILES string of the molecule is C=C(c1ccc(N(C)C)cc1)[C@@]1(CCNS(=O)(=O)c2ccc([N+](=O)[O-])cc2)C(C)=Nc2ccccc21. The molecule has 0 aromatic heterocycles. The van der Waals surface area contributed by atoms with Crippen LogP contribution < -0.4 is 9.62 Å². The number of rotatable bonds is 9. The number of nitrogens with zero attached hydrogens (tertiary/aromatic N) is 3. The van der Waals surface area contributed by atoms with Crippen molar-refractivity contribution in [3.63, 3.8) is 0 Å². The molecule has 0 bridgehead atoms. The average molecular weight is 505 g/mol. The number of hydrogen-bond donors (Lipinski definition) is 1. The Morgan fingerprint density at radius 3 is 2.31 bits per heavy atom. The number of aliphatic imine (C=N–C) groups is 1. The van der Waals surface area contributed by atoms with E-state index in [0.717, 1.165) is 33.8 Å². The Kier molecular flexibility index (Phi) is 6.79. The summed E-state index contributed by atoms with van der Waals surface area (Å²) in [6, 6.07) is 20.8. The van der Waals surface area contributed by atoms with Gasteiger partial charge in [-0.1, -0.05) is 36.9 Å². The first-order chi connectivity index (χ1) is 17.1. The van der Waals surface area contributed by atoms with E-state index < -0.39 is 20.4 Å². The average Bonchev–Trinajstić information content (AvgIpc) is 3.15. The van der Waals surface area contributed by atoms with Crippen LogP contribution in [0, 0.1) is 10.1 Å². The summed E-state index contributed by atoms with van der Waals surface area (Å²) in [6.07, 6.45) is 0.403. The molecule has 0 unspecified atom stereocenters. The van der Waals surface area contributed by atoms with Crippen molar-refractivity contribution in [2.75, 3.05) is 25.5 Å². The quantitative estimate of drug-likeness (QED) is 0.323. The molecule has 1 atom stereocenters. The third-order valence-electron chi connectivity index (χ3n) is 6.67. The van der Waals surface area contributed by atoms with Gasteiger partial charge in [0.1, 0.15) is 0 Å². The minimum atomic E-state index is -3.87. The number of nitro groups is 1. The highest BCUT2D eigenvalue weighted by Crippen LogP contribution is 2.50. The molecule has 1 heterocycles. The lowest BCUT2D eigenvalue weighted by Gasteiger charge is -2.34. The zero-order chi connectivity index (χ0) is 26.1. The van der Waals surface area contributed by atoms with Crippen LogP contribution in [0.25, 0.3) is 5.57 Å². The molecule has 1 aliphatic rings. The molecule has 186 valence electrons. The summed E-state index contributed by atoms with van der Waals surface area (Å²) in [5.74, 6) is 0. The Labute approximate surface area is 211 Å². The predicted molar refractivity (Wildman–Crippen MR) is 144 cm³/mol. The van der Waals surface area contributed by atoms with Crippen molar-refractivity contribution >= 4 is 38.4 Å². The zero-order valence-corrected chi connectivity index (χ0v) is 21.2. The molecule has 0 spiro atoms. The van der Waals surface area contributed by atoms with Crippen LogP contribution in [0.15, 0.2) is 89.3 Å². The summed E-state index contributed by atoms with van der Waals surface area (Å²) >= 11 is 0. The van der Waals surface area contributed by atoms with E-state index in [0.29, 0.717) is 6.42 Å². The second kappa shape index (κ2) is 9.67. The van der Waals surface area contributed by atoms with Crippen molar-refractivity contribution in [2.24, 2.45) is 4.99 Å². The van der Waals surface area contributed by atoms with Crippen LogP contribution in [0.2, 0.25) is 0 Å². The molecular weight excluding hydrogens is 476 g/mol. The highest BCUT2D eigenvalue weighted by molar-refractivity contribution is 7.89. The van der Waals surface area contributed by atoms with Gasteiger partial charge in [0.2, 0.25) is 10.0 Å². The Bertz CT molecular complexity index is 1450. The highest BCUT2D eigenvalue weighted by Gasteiger charge is 2.43. The number of nitro benzene ring substituents is 1. The molecule has 1 N–H and O–H groups in total. The number of anilines is 1. The number of benzene rings is 3. The Morgan fingerprint density at radius 2 is 1.69 bits per heavy atom. The van der Waals surface area contributed by atoms with Gasteiger partial charge in [0.15, 0.2) is 0 Å². The van der Waals surface area contributed by atoms with Crippen LogP contribution in [0.4, 0.5) is 17.1 Å². The molecule has 0 saturated heterocycles. The minimum Gasteiger partial charge on any atom is -0.378 e. The van der Waals surface area contributed by atoms with Crippen molar-refractivity contribution in [3.05, 3.63) is 101 Å². The van der Waals surface area contributed by atoms with E-state index in [4.69, 9.17) is 4.99 Å². The standard InChI is InChI=1S/C27H28N4O4S/c1-19(21-9-11-22(12-10-21)30(3)4)27(20(2)29-26-8-6-5-7-25(26)27)17-18-28-36(34,35)24-15-13-23(14-16-24)31(32)33/h5-16,28H,1,17-18H2,2-4H3/t27-/m0/s1. The third-order valence-corrected chi connectivity index (χ3v) is 8.14. The molecule has 0 saturated carbocycles. The van der Waals surface area contributed by atoms with E-state index in [1.807, 2.05) is 74.4 Å². The molecule has 1 aliphatic heterocycles. The predicted octanol–water partition coefficient (Wildman–Crippen LogP) is 5.09. The van der Waals surface area contributed by atoms with E-state index >= 15 is 0 Å². The van der Waals surface area contributed by atoms with Gasteiger partial charge in [-0.3, -0.25) is 15.1 Å². The lowest BCUT2D eigenvalue weighted by molar-refractivity contribution is -0.384. The molecule has 9 heteroatoms. The van der Waals surface area contributed by atoms with E-state index in [-0.39, 0.29) is 17.1 Å². The van der Waals surface area contributed by atoms with Crippen LogP contribution >= 0.6 is 0 Å². The Morgan fingerprint density at radius 1 is 1.06 bits per heavy atom. The zero-order valence-electron chi connectivity index (χ0n) is 20.4. The minimum absolute atomic E-state index is 0.0301. The molecule has 3 aromatic rings. The molecule has 0 aliphatic carbocycles. The van der Waals surface area contributed by atoms with Crippen molar-refractivity contribution in [3.8, 4) is 0 Å². The van der Waals surface area contributed by atoms with Gasteiger partial charge < -0.3 is 4.90 Å². The maximum atomic E-state index is 12.9. The molecular formula is C27H28N4O4S. The largest absolute Gasteiger partial charge is 0.378 e. The number of nitrogens with one attached hydrogen (secondary N) is 1. The molecule has 0 fully saturated rings. The molecule has 8 nitrogen and oxygen atoms in total. The molecule has 4 rings (SSSR count). The summed E-state index contributed by atoms with van der Waals surface area (Å²) in [5, 5.41) is 10.9. The maximum Gasteiger partial charge on any atom is 0.269 e. The van der Waals surface area contributed by atoms with Crippen LogP contribution in [-0.4, -0.2) is 39.7 Å².